The molecule has 0 radical (unpaired) electrons. The second-order valence-electron chi connectivity index (χ2n) is 5.29. The highest BCUT2D eigenvalue weighted by Gasteiger charge is 2.20. The molecule has 0 aliphatic rings. The lowest BCUT2D eigenvalue weighted by Gasteiger charge is -2.09. The van der Waals surface area contributed by atoms with Crippen molar-refractivity contribution in [1.82, 2.24) is 19.7 Å². The fourth-order valence-corrected chi connectivity index (χ4v) is 4.11. The molecule has 10 heteroatoms. The maximum atomic E-state index is 14.4. The van der Waals surface area contributed by atoms with Gasteiger partial charge in [0.15, 0.2) is 16.6 Å². The van der Waals surface area contributed by atoms with E-state index in [1.54, 1.807) is 34.9 Å². The van der Waals surface area contributed by atoms with Gasteiger partial charge < -0.3 is 9.52 Å². The number of halogens is 1. The number of nitrogens with zero attached hydrogens (tertiary/aromatic N) is 4. The number of para-hydroxylation sites is 1. The maximum absolute atomic E-state index is 14.4. The van der Waals surface area contributed by atoms with Gasteiger partial charge in [-0.3, -0.25) is 4.57 Å². The Balaban J connectivity index is 1.70. The van der Waals surface area contributed by atoms with Crippen LogP contribution < -0.4 is 0 Å². The van der Waals surface area contributed by atoms with Crippen molar-refractivity contribution in [3.8, 4) is 17.3 Å². The Morgan fingerprint density at radius 2 is 2.11 bits per heavy atom. The summed E-state index contributed by atoms with van der Waals surface area (Å²) in [5.74, 6) is -0.285. The summed E-state index contributed by atoms with van der Waals surface area (Å²) in [7, 11) is 0. The van der Waals surface area contributed by atoms with E-state index in [1.165, 1.54) is 40.8 Å². The first-order chi connectivity index (χ1) is 13.1. The summed E-state index contributed by atoms with van der Waals surface area (Å²) in [5, 5.41) is 19.8. The Morgan fingerprint density at radius 1 is 1.26 bits per heavy atom. The number of thiazole rings is 1. The minimum atomic E-state index is -1.07. The van der Waals surface area contributed by atoms with E-state index >= 15 is 0 Å². The van der Waals surface area contributed by atoms with Crippen LogP contribution in [0.2, 0.25) is 0 Å². The molecular weight excluding hydrogens is 391 g/mol. The second kappa shape index (κ2) is 7.33. The van der Waals surface area contributed by atoms with Gasteiger partial charge in [-0.1, -0.05) is 23.9 Å². The molecule has 0 saturated carbocycles. The maximum Gasteiger partial charge on any atom is 0.355 e. The molecular formula is C17H11FN4O3S2. The average molecular weight is 402 g/mol. The monoisotopic (exact) mass is 402 g/mol. The molecule has 0 bridgehead atoms. The quantitative estimate of drug-likeness (QED) is 0.485. The molecule has 0 aliphatic carbocycles. The second-order valence-corrected chi connectivity index (χ2v) is 7.18. The van der Waals surface area contributed by atoms with Crippen molar-refractivity contribution in [2.75, 3.05) is 0 Å². The SMILES string of the molecule is O=C(O)c1csc(CSc2nnc(-c3ccco3)n2-c2ccccc2F)n1. The molecule has 3 aromatic heterocycles. The van der Waals surface area contributed by atoms with Crippen molar-refractivity contribution in [1.29, 1.82) is 0 Å². The number of rotatable bonds is 6. The van der Waals surface area contributed by atoms with Gasteiger partial charge in [-0.05, 0) is 24.3 Å². The summed E-state index contributed by atoms with van der Waals surface area (Å²) in [5.41, 5.74) is 0.296. The number of aromatic nitrogens is 4. The van der Waals surface area contributed by atoms with E-state index in [9.17, 15) is 9.18 Å². The summed E-state index contributed by atoms with van der Waals surface area (Å²) in [6, 6.07) is 9.74. The number of carboxylic acid groups (broad SMARTS) is 1. The van der Waals surface area contributed by atoms with Crippen molar-refractivity contribution < 1.29 is 18.7 Å². The molecule has 0 atom stereocenters. The van der Waals surface area contributed by atoms with Crippen LogP contribution in [-0.4, -0.2) is 30.8 Å². The first-order valence-corrected chi connectivity index (χ1v) is 9.54. The Hall–Kier alpha value is -2.98. The van der Waals surface area contributed by atoms with Crippen LogP contribution in [-0.2, 0) is 5.75 Å². The molecule has 0 unspecified atom stereocenters. The topological polar surface area (TPSA) is 94.0 Å². The molecule has 1 N–H and O–H groups in total. The summed E-state index contributed by atoms with van der Waals surface area (Å²) in [4.78, 5) is 15.0. The Morgan fingerprint density at radius 3 is 2.81 bits per heavy atom. The first-order valence-electron chi connectivity index (χ1n) is 7.68. The summed E-state index contributed by atoms with van der Waals surface area (Å²) >= 11 is 2.53. The van der Waals surface area contributed by atoms with Gasteiger partial charge in [0, 0.05) is 5.38 Å². The number of carbonyl (C=O) groups is 1. The molecule has 0 saturated heterocycles. The Bertz CT molecular complexity index is 1090. The lowest BCUT2D eigenvalue weighted by Crippen LogP contribution is -2.02. The Labute approximate surface area is 160 Å². The zero-order chi connectivity index (χ0) is 18.8. The number of benzene rings is 1. The van der Waals surface area contributed by atoms with Gasteiger partial charge in [-0.25, -0.2) is 14.2 Å². The van der Waals surface area contributed by atoms with Gasteiger partial charge >= 0.3 is 5.97 Å². The van der Waals surface area contributed by atoms with Gasteiger partial charge in [0.05, 0.1) is 17.7 Å². The van der Waals surface area contributed by atoms with Gasteiger partial charge in [-0.15, -0.1) is 21.5 Å². The van der Waals surface area contributed by atoms with E-state index in [0.717, 1.165) is 0 Å². The molecule has 0 amide bonds. The summed E-state index contributed by atoms with van der Waals surface area (Å²) in [6.45, 7) is 0. The average Bonchev–Trinajstić information content (AvgIpc) is 3.40. The number of hydrogen-bond acceptors (Lipinski definition) is 7. The third kappa shape index (κ3) is 3.49. The molecule has 136 valence electrons. The van der Waals surface area contributed by atoms with Crippen LogP contribution in [0, 0.1) is 5.82 Å². The van der Waals surface area contributed by atoms with Crippen LogP contribution in [0.15, 0.2) is 57.6 Å². The van der Waals surface area contributed by atoms with Crippen LogP contribution in [0.4, 0.5) is 4.39 Å². The van der Waals surface area contributed by atoms with E-state index in [2.05, 4.69) is 15.2 Å². The third-order valence-electron chi connectivity index (χ3n) is 3.56. The number of aromatic carboxylic acids is 1. The fraction of sp³-hybridized carbons (Fsp3) is 0.0588. The van der Waals surface area contributed by atoms with E-state index in [0.29, 0.717) is 33.2 Å². The molecule has 0 aliphatic heterocycles. The molecule has 27 heavy (non-hydrogen) atoms. The predicted octanol–water partition coefficient (Wildman–Crippen LogP) is 4.11. The highest BCUT2D eigenvalue weighted by molar-refractivity contribution is 7.98. The molecule has 0 fully saturated rings. The standard InChI is InChI=1S/C17H11FN4O3S2/c18-10-4-1-2-5-12(10)22-15(13-6-3-7-25-13)20-21-17(22)27-9-14-19-11(8-26-14)16(23)24/h1-8H,9H2,(H,23,24). The lowest BCUT2D eigenvalue weighted by atomic mass is 10.3. The van der Waals surface area contributed by atoms with Crippen LogP contribution in [0.3, 0.4) is 0 Å². The molecule has 1 aromatic carbocycles. The molecule has 4 aromatic rings. The number of hydrogen-bond donors (Lipinski definition) is 1. The van der Waals surface area contributed by atoms with Crippen LogP contribution in [0.1, 0.15) is 15.5 Å². The summed E-state index contributed by atoms with van der Waals surface area (Å²) < 4.78 is 21.4. The minimum Gasteiger partial charge on any atom is -0.476 e. The van der Waals surface area contributed by atoms with Crippen molar-refractivity contribution >= 4 is 29.1 Å². The Kier molecular flexibility index (Phi) is 4.73. The smallest absolute Gasteiger partial charge is 0.355 e. The van der Waals surface area contributed by atoms with Crippen LogP contribution >= 0.6 is 23.1 Å². The minimum absolute atomic E-state index is 0.00226. The summed E-state index contributed by atoms with van der Waals surface area (Å²) in [6.07, 6.45) is 1.51. The number of thioether (sulfide) groups is 1. The normalized spacial score (nSPS) is 11.0. The highest BCUT2D eigenvalue weighted by Crippen LogP contribution is 2.31. The highest BCUT2D eigenvalue weighted by atomic mass is 32.2. The largest absolute Gasteiger partial charge is 0.476 e. The van der Waals surface area contributed by atoms with Gasteiger partial charge in [0.1, 0.15) is 10.8 Å². The van der Waals surface area contributed by atoms with Crippen molar-refractivity contribution in [3.05, 3.63) is 64.6 Å². The van der Waals surface area contributed by atoms with Crippen LogP contribution in [0.25, 0.3) is 17.3 Å². The predicted molar refractivity (Wildman–Crippen MR) is 97.7 cm³/mol. The lowest BCUT2D eigenvalue weighted by molar-refractivity contribution is 0.0691. The van der Waals surface area contributed by atoms with Crippen molar-refractivity contribution in [2.24, 2.45) is 0 Å². The number of carboxylic acids is 1. The van der Waals surface area contributed by atoms with Crippen molar-refractivity contribution in [3.63, 3.8) is 0 Å². The molecule has 0 spiro atoms. The molecule has 7 nitrogen and oxygen atoms in total. The van der Waals surface area contributed by atoms with Gasteiger partial charge in [-0.2, -0.15) is 0 Å². The first kappa shape index (κ1) is 17.4. The van der Waals surface area contributed by atoms with E-state index < -0.39 is 11.8 Å². The zero-order valence-corrected chi connectivity index (χ0v) is 15.2. The van der Waals surface area contributed by atoms with E-state index in [-0.39, 0.29) is 5.69 Å². The van der Waals surface area contributed by atoms with Gasteiger partial charge in [0.25, 0.3) is 0 Å². The molecule has 3 heterocycles. The zero-order valence-electron chi connectivity index (χ0n) is 13.6. The fourth-order valence-electron chi connectivity index (χ4n) is 2.38. The van der Waals surface area contributed by atoms with Crippen LogP contribution in [0.5, 0.6) is 0 Å². The van der Waals surface area contributed by atoms with E-state index in [4.69, 9.17) is 9.52 Å². The molecule has 4 rings (SSSR count). The number of furan rings is 1. The third-order valence-corrected chi connectivity index (χ3v) is 5.54. The van der Waals surface area contributed by atoms with E-state index in [1.807, 2.05) is 0 Å². The van der Waals surface area contributed by atoms with Gasteiger partial charge in [0.2, 0.25) is 5.82 Å². The van der Waals surface area contributed by atoms with Crippen molar-refractivity contribution in [2.45, 2.75) is 10.9 Å².